The van der Waals surface area contributed by atoms with Crippen LogP contribution in [-0.2, 0) is 0 Å². The molecule has 0 fully saturated rings. The van der Waals surface area contributed by atoms with Crippen LogP contribution < -0.4 is 4.90 Å². The van der Waals surface area contributed by atoms with Gasteiger partial charge in [-0.15, -0.1) is 0 Å². The van der Waals surface area contributed by atoms with Gasteiger partial charge in [-0.2, -0.15) is 0 Å². The van der Waals surface area contributed by atoms with E-state index < -0.39 is 0 Å². The molecule has 0 aliphatic heterocycles. The quantitative estimate of drug-likeness (QED) is 0.529. The van der Waals surface area contributed by atoms with Gasteiger partial charge in [-0.05, 0) is 48.0 Å². The van der Waals surface area contributed by atoms with E-state index in [1.54, 1.807) is 24.8 Å². The first-order chi connectivity index (χ1) is 12.4. The Hall–Kier alpha value is -3.53. The highest BCUT2D eigenvalue weighted by molar-refractivity contribution is 5.87. The third-order valence-corrected chi connectivity index (χ3v) is 3.98. The number of anilines is 3. The zero-order valence-corrected chi connectivity index (χ0v) is 13.5. The van der Waals surface area contributed by atoms with Gasteiger partial charge in [0.2, 0.25) is 0 Å². The average molecular weight is 324 g/mol. The van der Waals surface area contributed by atoms with Crippen LogP contribution in [-0.4, -0.2) is 15.0 Å². The lowest BCUT2D eigenvalue weighted by Gasteiger charge is -2.27. The van der Waals surface area contributed by atoms with E-state index in [0.717, 1.165) is 28.2 Å². The van der Waals surface area contributed by atoms with Gasteiger partial charge in [0.15, 0.2) is 0 Å². The summed E-state index contributed by atoms with van der Waals surface area (Å²) in [4.78, 5) is 14.6. The number of benzene rings is 1. The van der Waals surface area contributed by atoms with Gasteiger partial charge in [0, 0.05) is 54.1 Å². The van der Waals surface area contributed by atoms with E-state index >= 15 is 0 Å². The molecular formula is C21H16N4. The molecule has 3 heterocycles. The number of para-hydroxylation sites is 1. The van der Waals surface area contributed by atoms with Crippen LogP contribution in [0.25, 0.3) is 11.1 Å². The summed E-state index contributed by atoms with van der Waals surface area (Å²) in [6, 6.07) is 20.4. The Bertz CT molecular complexity index is 901. The van der Waals surface area contributed by atoms with E-state index in [1.165, 1.54) is 0 Å². The average Bonchev–Trinajstić information content (AvgIpc) is 2.71. The van der Waals surface area contributed by atoms with Crippen molar-refractivity contribution in [3.63, 3.8) is 0 Å². The maximum absolute atomic E-state index is 4.15. The molecule has 0 bridgehead atoms. The van der Waals surface area contributed by atoms with E-state index in [-0.39, 0.29) is 0 Å². The summed E-state index contributed by atoms with van der Waals surface area (Å²) in [5.74, 6) is 0. The van der Waals surface area contributed by atoms with Crippen molar-refractivity contribution in [2.45, 2.75) is 0 Å². The number of pyridine rings is 3. The Morgan fingerprint density at radius 3 is 1.56 bits per heavy atom. The van der Waals surface area contributed by atoms with Crippen LogP contribution in [0.1, 0.15) is 0 Å². The molecule has 4 heteroatoms. The largest absolute Gasteiger partial charge is 0.310 e. The van der Waals surface area contributed by atoms with Crippen molar-refractivity contribution >= 4 is 17.1 Å². The van der Waals surface area contributed by atoms with Crippen molar-refractivity contribution in [3.05, 3.63) is 97.8 Å². The van der Waals surface area contributed by atoms with Crippen molar-refractivity contribution < 1.29 is 0 Å². The number of hydrogen-bond acceptors (Lipinski definition) is 4. The van der Waals surface area contributed by atoms with E-state index in [9.17, 15) is 0 Å². The molecule has 0 saturated carbocycles. The molecule has 0 aliphatic carbocycles. The molecule has 4 aromatic rings. The molecule has 0 amide bonds. The minimum Gasteiger partial charge on any atom is -0.310 e. The number of nitrogens with zero attached hydrogens (tertiary/aromatic N) is 4. The van der Waals surface area contributed by atoms with Crippen molar-refractivity contribution in [2.75, 3.05) is 4.90 Å². The number of rotatable bonds is 4. The molecule has 0 aliphatic rings. The molecule has 0 radical (unpaired) electrons. The van der Waals surface area contributed by atoms with Crippen molar-refractivity contribution in [2.24, 2.45) is 0 Å². The minimum atomic E-state index is 1.04. The first kappa shape index (κ1) is 15.0. The number of aromatic nitrogens is 3. The Morgan fingerprint density at radius 2 is 1.00 bits per heavy atom. The van der Waals surface area contributed by atoms with Gasteiger partial charge in [-0.25, -0.2) is 0 Å². The normalized spacial score (nSPS) is 10.4. The van der Waals surface area contributed by atoms with Crippen LogP contribution >= 0.6 is 0 Å². The predicted molar refractivity (Wildman–Crippen MR) is 99.9 cm³/mol. The summed E-state index contributed by atoms with van der Waals surface area (Å²) < 4.78 is 0. The molecule has 0 unspecified atom stereocenters. The lowest BCUT2D eigenvalue weighted by molar-refractivity contribution is 1.22. The van der Waals surface area contributed by atoms with Crippen LogP contribution in [0.15, 0.2) is 97.8 Å². The fraction of sp³-hybridized carbons (Fsp3) is 0. The van der Waals surface area contributed by atoms with Gasteiger partial charge >= 0.3 is 0 Å². The van der Waals surface area contributed by atoms with Gasteiger partial charge in [0.25, 0.3) is 0 Å². The monoisotopic (exact) mass is 324 g/mol. The highest BCUT2D eigenvalue weighted by Gasteiger charge is 2.16. The van der Waals surface area contributed by atoms with Crippen molar-refractivity contribution in [1.29, 1.82) is 0 Å². The Labute approximate surface area is 146 Å². The first-order valence-electron chi connectivity index (χ1n) is 8.03. The molecular weight excluding hydrogens is 308 g/mol. The summed E-state index contributed by atoms with van der Waals surface area (Å²) in [6.45, 7) is 0. The highest BCUT2D eigenvalue weighted by atomic mass is 15.1. The molecule has 25 heavy (non-hydrogen) atoms. The van der Waals surface area contributed by atoms with E-state index in [4.69, 9.17) is 0 Å². The van der Waals surface area contributed by atoms with Crippen LogP contribution in [0.5, 0.6) is 0 Å². The first-order valence-corrected chi connectivity index (χ1v) is 8.03. The summed E-state index contributed by atoms with van der Waals surface area (Å²) in [5.41, 5.74) is 5.44. The molecule has 3 aromatic heterocycles. The van der Waals surface area contributed by atoms with E-state index in [2.05, 4.69) is 44.1 Å². The minimum absolute atomic E-state index is 1.04. The van der Waals surface area contributed by atoms with Gasteiger partial charge < -0.3 is 4.90 Å². The third kappa shape index (κ3) is 3.10. The van der Waals surface area contributed by atoms with Crippen LogP contribution in [0, 0.1) is 0 Å². The molecule has 0 N–H and O–H groups in total. The SMILES string of the molecule is c1ccc(N(c2ccncc2)c2ccncc2)c(-c2ccncc2)c1. The molecule has 0 atom stereocenters. The zero-order valence-electron chi connectivity index (χ0n) is 13.5. The standard InChI is InChI=1S/C21H16N4/c1-2-4-21(20(3-1)17-5-11-22-12-6-17)25(18-7-13-23-14-8-18)19-9-15-24-16-10-19/h1-16H. The second-order valence-electron chi connectivity index (χ2n) is 5.50. The summed E-state index contributed by atoms with van der Waals surface area (Å²) in [7, 11) is 0. The van der Waals surface area contributed by atoms with Gasteiger partial charge in [0.1, 0.15) is 0 Å². The summed E-state index contributed by atoms with van der Waals surface area (Å²) in [6.07, 6.45) is 10.8. The lowest BCUT2D eigenvalue weighted by Crippen LogP contribution is -2.11. The third-order valence-electron chi connectivity index (χ3n) is 3.98. The van der Waals surface area contributed by atoms with E-state index in [0.29, 0.717) is 0 Å². The Morgan fingerprint density at radius 1 is 0.520 bits per heavy atom. The molecule has 4 rings (SSSR count). The van der Waals surface area contributed by atoms with Crippen LogP contribution in [0.3, 0.4) is 0 Å². The Kier molecular flexibility index (Phi) is 4.16. The second kappa shape index (κ2) is 6.93. The predicted octanol–water partition coefficient (Wildman–Crippen LogP) is 5.01. The highest BCUT2D eigenvalue weighted by Crippen LogP contribution is 2.39. The van der Waals surface area contributed by atoms with Crippen molar-refractivity contribution in [1.82, 2.24) is 15.0 Å². The molecule has 1 aromatic carbocycles. The van der Waals surface area contributed by atoms with Crippen molar-refractivity contribution in [3.8, 4) is 11.1 Å². The lowest BCUT2D eigenvalue weighted by atomic mass is 10.0. The van der Waals surface area contributed by atoms with Gasteiger partial charge in [0.05, 0.1) is 5.69 Å². The summed E-state index contributed by atoms with van der Waals surface area (Å²) in [5, 5.41) is 0. The van der Waals surface area contributed by atoms with Crippen LogP contribution in [0.2, 0.25) is 0 Å². The molecule has 0 saturated heterocycles. The maximum Gasteiger partial charge on any atom is 0.0540 e. The summed E-state index contributed by atoms with van der Waals surface area (Å²) >= 11 is 0. The fourth-order valence-corrected chi connectivity index (χ4v) is 2.86. The topological polar surface area (TPSA) is 41.9 Å². The molecule has 4 nitrogen and oxygen atoms in total. The number of hydrogen-bond donors (Lipinski definition) is 0. The smallest absolute Gasteiger partial charge is 0.0540 e. The molecule has 120 valence electrons. The van der Waals surface area contributed by atoms with E-state index in [1.807, 2.05) is 48.8 Å². The molecule has 0 spiro atoms. The second-order valence-corrected chi connectivity index (χ2v) is 5.50. The fourth-order valence-electron chi connectivity index (χ4n) is 2.86. The maximum atomic E-state index is 4.15. The van der Waals surface area contributed by atoms with Gasteiger partial charge in [-0.1, -0.05) is 18.2 Å². The van der Waals surface area contributed by atoms with Gasteiger partial charge in [-0.3, -0.25) is 15.0 Å². The Balaban J connectivity index is 1.93. The van der Waals surface area contributed by atoms with Crippen LogP contribution in [0.4, 0.5) is 17.1 Å². The zero-order chi connectivity index (χ0) is 16.9.